The summed E-state index contributed by atoms with van der Waals surface area (Å²) in [7, 11) is 0. The van der Waals surface area contributed by atoms with E-state index >= 15 is 0 Å². The van der Waals surface area contributed by atoms with E-state index in [1.807, 2.05) is 6.92 Å². The summed E-state index contributed by atoms with van der Waals surface area (Å²) >= 11 is 0. The van der Waals surface area contributed by atoms with Crippen LogP contribution in [0.2, 0.25) is 0 Å². The Balaban J connectivity index is 3.29. The molecule has 162 valence electrons. The maximum Gasteiger partial charge on any atom is 0.305 e. The van der Waals surface area contributed by atoms with Crippen LogP contribution < -0.4 is 0 Å². The second-order valence-electron chi connectivity index (χ2n) is 7.69. The Kier molecular flexibility index (Phi) is 19.6. The van der Waals surface area contributed by atoms with E-state index in [9.17, 15) is 15.0 Å². The Morgan fingerprint density at radius 2 is 1.22 bits per heavy atom. The van der Waals surface area contributed by atoms with Gasteiger partial charge in [-0.1, -0.05) is 71.1 Å². The number of carbonyl (C=O) groups excluding carboxylic acids is 1. The fraction of sp³-hybridized carbons (Fsp3) is 0.955. The van der Waals surface area contributed by atoms with Crippen LogP contribution in [0, 0.1) is 0 Å². The van der Waals surface area contributed by atoms with Crippen molar-refractivity contribution in [2.45, 2.75) is 122 Å². The van der Waals surface area contributed by atoms with Crippen molar-refractivity contribution in [1.29, 1.82) is 0 Å². The third kappa shape index (κ3) is 19.9. The van der Waals surface area contributed by atoms with E-state index in [0.717, 1.165) is 64.2 Å². The lowest BCUT2D eigenvalue weighted by atomic mass is 10.0. The molecule has 0 bridgehead atoms. The quantitative estimate of drug-likeness (QED) is 0.211. The third-order valence-electron chi connectivity index (χ3n) is 5.02. The Bertz CT molecular complexity index is 322. The van der Waals surface area contributed by atoms with Crippen LogP contribution >= 0.6 is 0 Å². The van der Waals surface area contributed by atoms with Crippen molar-refractivity contribution in [3.05, 3.63) is 0 Å². The standard InChI is InChI=1S/C22H44O5/c1-2-20(24)19-27-22(26)17-13-9-6-8-12-16-21(25)15-11-7-4-3-5-10-14-18-23/h20-21,23-25H,2-19H2,1H3. The number of hydrogen-bond acceptors (Lipinski definition) is 5. The fourth-order valence-corrected chi connectivity index (χ4v) is 3.08. The summed E-state index contributed by atoms with van der Waals surface area (Å²) in [4.78, 5) is 11.5. The molecule has 5 heteroatoms. The lowest BCUT2D eigenvalue weighted by Gasteiger charge is -2.10. The fourth-order valence-electron chi connectivity index (χ4n) is 3.08. The zero-order chi connectivity index (χ0) is 20.2. The molecule has 0 aliphatic carbocycles. The number of hydrogen-bond donors (Lipinski definition) is 3. The van der Waals surface area contributed by atoms with E-state index in [2.05, 4.69) is 0 Å². The van der Waals surface area contributed by atoms with Crippen molar-refractivity contribution < 1.29 is 24.9 Å². The van der Waals surface area contributed by atoms with Gasteiger partial charge < -0.3 is 20.1 Å². The molecule has 2 unspecified atom stereocenters. The van der Waals surface area contributed by atoms with Crippen LogP contribution in [-0.2, 0) is 9.53 Å². The minimum atomic E-state index is -0.544. The Morgan fingerprint density at radius 3 is 1.74 bits per heavy atom. The van der Waals surface area contributed by atoms with E-state index in [1.165, 1.54) is 25.7 Å². The number of carbonyl (C=O) groups is 1. The van der Waals surface area contributed by atoms with Gasteiger partial charge in [-0.05, 0) is 32.1 Å². The van der Waals surface area contributed by atoms with E-state index in [0.29, 0.717) is 19.4 Å². The molecule has 0 saturated heterocycles. The van der Waals surface area contributed by atoms with Crippen molar-refractivity contribution in [3.8, 4) is 0 Å². The van der Waals surface area contributed by atoms with Gasteiger partial charge >= 0.3 is 5.97 Å². The van der Waals surface area contributed by atoms with Gasteiger partial charge in [-0.2, -0.15) is 0 Å². The molecule has 0 heterocycles. The van der Waals surface area contributed by atoms with E-state index < -0.39 is 6.10 Å². The highest BCUT2D eigenvalue weighted by Gasteiger charge is 2.07. The number of rotatable bonds is 20. The van der Waals surface area contributed by atoms with E-state index in [4.69, 9.17) is 9.84 Å². The molecular weight excluding hydrogens is 344 g/mol. The van der Waals surface area contributed by atoms with Gasteiger partial charge in [0.05, 0.1) is 12.2 Å². The minimum Gasteiger partial charge on any atom is -0.463 e. The van der Waals surface area contributed by atoms with Crippen LogP contribution in [0.3, 0.4) is 0 Å². The molecular formula is C22H44O5. The van der Waals surface area contributed by atoms with Gasteiger partial charge in [-0.3, -0.25) is 4.79 Å². The van der Waals surface area contributed by atoms with E-state index in [1.54, 1.807) is 0 Å². The molecule has 0 aromatic rings. The average Bonchev–Trinajstić information content (AvgIpc) is 2.67. The summed E-state index contributed by atoms with van der Waals surface area (Å²) in [6.45, 7) is 2.28. The first-order valence-corrected chi connectivity index (χ1v) is 11.2. The van der Waals surface area contributed by atoms with Crippen molar-refractivity contribution >= 4 is 5.97 Å². The predicted molar refractivity (Wildman–Crippen MR) is 110 cm³/mol. The first-order chi connectivity index (χ1) is 13.1. The molecule has 0 aliphatic rings. The maximum absolute atomic E-state index is 11.5. The average molecular weight is 389 g/mol. The summed E-state index contributed by atoms with van der Waals surface area (Å²) in [5, 5.41) is 28.1. The van der Waals surface area contributed by atoms with Crippen LogP contribution in [0.1, 0.15) is 110 Å². The summed E-state index contributed by atoms with van der Waals surface area (Å²) < 4.78 is 5.00. The van der Waals surface area contributed by atoms with Gasteiger partial charge in [0.15, 0.2) is 0 Å². The van der Waals surface area contributed by atoms with E-state index in [-0.39, 0.29) is 18.7 Å². The smallest absolute Gasteiger partial charge is 0.305 e. The molecule has 0 rings (SSSR count). The Morgan fingerprint density at radius 1 is 0.741 bits per heavy atom. The second-order valence-corrected chi connectivity index (χ2v) is 7.69. The van der Waals surface area contributed by atoms with Crippen LogP contribution in [0.25, 0.3) is 0 Å². The van der Waals surface area contributed by atoms with Crippen LogP contribution in [0.4, 0.5) is 0 Å². The second kappa shape index (κ2) is 20.1. The molecule has 0 spiro atoms. The Hall–Kier alpha value is -0.650. The molecule has 0 saturated carbocycles. The summed E-state index contributed by atoms with van der Waals surface area (Å²) in [5.74, 6) is -0.216. The zero-order valence-electron chi connectivity index (χ0n) is 17.5. The molecule has 5 nitrogen and oxygen atoms in total. The molecule has 27 heavy (non-hydrogen) atoms. The highest BCUT2D eigenvalue weighted by Crippen LogP contribution is 2.14. The van der Waals surface area contributed by atoms with Gasteiger partial charge in [0.2, 0.25) is 0 Å². The van der Waals surface area contributed by atoms with Crippen LogP contribution in [0.15, 0.2) is 0 Å². The molecule has 0 aromatic heterocycles. The number of aliphatic hydroxyl groups is 3. The maximum atomic E-state index is 11.5. The SMILES string of the molecule is CCC(O)COC(=O)CCCCCCCC(O)CCCCCCCCCO. The number of ether oxygens (including phenoxy) is 1. The molecule has 0 radical (unpaired) electrons. The summed E-state index contributed by atoms with van der Waals surface area (Å²) in [6.07, 6.45) is 15.2. The Labute approximate surface area is 166 Å². The molecule has 0 aromatic carbocycles. The number of esters is 1. The molecule has 0 fully saturated rings. The van der Waals surface area contributed by atoms with Gasteiger partial charge in [0.25, 0.3) is 0 Å². The third-order valence-corrected chi connectivity index (χ3v) is 5.02. The van der Waals surface area contributed by atoms with Crippen LogP contribution in [0.5, 0.6) is 0 Å². The predicted octanol–water partition coefficient (Wildman–Crippen LogP) is 4.51. The van der Waals surface area contributed by atoms with Crippen molar-refractivity contribution in [3.63, 3.8) is 0 Å². The molecule has 0 aliphatic heterocycles. The van der Waals surface area contributed by atoms with Gasteiger partial charge in [0, 0.05) is 13.0 Å². The normalized spacial score (nSPS) is 13.5. The number of unbranched alkanes of at least 4 members (excludes halogenated alkanes) is 10. The van der Waals surface area contributed by atoms with Gasteiger partial charge in [0.1, 0.15) is 6.61 Å². The number of aliphatic hydroxyl groups excluding tert-OH is 3. The lowest BCUT2D eigenvalue weighted by molar-refractivity contribution is -0.146. The summed E-state index contributed by atoms with van der Waals surface area (Å²) in [5.41, 5.74) is 0. The zero-order valence-corrected chi connectivity index (χ0v) is 17.5. The summed E-state index contributed by atoms with van der Waals surface area (Å²) in [6, 6.07) is 0. The highest BCUT2D eigenvalue weighted by molar-refractivity contribution is 5.69. The first kappa shape index (κ1) is 26.4. The largest absolute Gasteiger partial charge is 0.463 e. The van der Waals surface area contributed by atoms with Crippen molar-refractivity contribution in [2.24, 2.45) is 0 Å². The lowest BCUT2D eigenvalue weighted by Crippen LogP contribution is -2.17. The van der Waals surface area contributed by atoms with Crippen LogP contribution in [-0.4, -0.2) is 46.7 Å². The molecule has 0 amide bonds. The molecule has 2 atom stereocenters. The van der Waals surface area contributed by atoms with Crippen molar-refractivity contribution in [2.75, 3.05) is 13.2 Å². The highest BCUT2D eigenvalue weighted by atomic mass is 16.5. The monoisotopic (exact) mass is 388 g/mol. The molecule has 3 N–H and O–H groups in total. The van der Waals surface area contributed by atoms with Gasteiger partial charge in [-0.15, -0.1) is 0 Å². The van der Waals surface area contributed by atoms with Crippen molar-refractivity contribution in [1.82, 2.24) is 0 Å². The topological polar surface area (TPSA) is 87.0 Å². The first-order valence-electron chi connectivity index (χ1n) is 11.2. The minimum absolute atomic E-state index is 0.108. The van der Waals surface area contributed by atoms with Gasteiger partial charge in [-0.25, -0.2) is 0 Å².